The van der Waals surface area contributed by atoms with E-state index in [4.69, 9.17) is 9.84 Å². The number of fused-ring (bicyclic) bond motifs is 3. The molecule has 0 saturated carbocycles. The molecule has 1 aliphatic heterocycles. The lowest BCUT2D eigenvalue weighted by Crippen LogP contribution is -2.05. The first-order chi connectivity index (χ1) is 8.56. The number of ether oxygens (including phenoxy) is 1. The largest absolute Gasteiger partial charge is 0.485 e. The van der Waals surface area contributed by atoms with Gasteiger partial charge in [0.25, 0.3) is 0 Å². The van der Waals surface area contributed by atoms with E-state index < -0.39 is 11.8 Å². The molecular weight excluding hydrogens is 255 g/mol. The van der Waals surface area contributed by atoms with Gasteiger partial charge in [0.2, 0.25) is 0 Å². The van der Waals surface area contributed by atoms with Crippen LogP contribution in [0.3, 0.4) is 0 Å². The summed E-state index contributed by atoms with van der Waals surface area (Å²) in [6.07, 6.45) is 0. The zero-order valence-corrected chi connectivity index (χ0v) is 10.3. The number of aromatic carboxylic acids is 1. The molecule has 0 radical (unpaired) electrons. The molecule has 0 aliphatic carbocycles. The van der Waals surface area contributed by atoms with Crippen LogP contribution < -0.4 is 4.74 Å². The number of carbonyl (C=O) groups is 1. The van der Waals surface area contributed by atoms with Gasteiger partial charge < -0.3 is 9.84 Å². The average molecular weight is 264 g/mol. The highest BCUT2D eigenvalue weighted by atomic mass is 32.1. The quantitative estimate of drug-likeness (QED) is 0.858. The van der Waals surface area contributed by atoms with Crippen LogP contribution in [0.1, 0.15) is 20.8 Å². The van der Waals surface area contributed by atoms with Crippen molar-refractivity contribution in [3.63, 3.8) is 0 Å². The van der Waals surface area contributed by atoms with Gasteiger partial charge in [-0.05, 0) is 30.7 Å². The Bertz CT molecular complexity index is 660. The van der Waals surface area contributed by atoms with E-state index in [2.05, 4.69) is 0 Å². The average Bonchev–Trinajstić information content (AvgIpc) is 2.72. The van der Waals surface area contributed by atoms with Crippen molar-refractivity contribution in [1.82, 2.24) is 0 Å². The molecule has 0 spiro atoms. The summed E-state index contributed by atoms with van der Waals surface area (Å²) in [5.41, 5.74) is 2.23. The summed E-state index contributed by atoms with van der Waals surface area (Å²) in [4.78, 5) is 12.0. The maximum atomic E-state index is 13.8. The molecule has 1 N–H and O–H groups in total. The molecule has 0 fully saturated rings. The van der Waals surface area contributed by atoms with Crippen LogP contribution in [0.5, 0.6) is 5.75 Å². The second-order valence-electron chi connectivity index (χ2n) is 4.18. The van der Waals surface area contributed by atoms with Crippen molar-refractivity contribution in [3.05, 3.63) is 40.0 Å². The molecule has 0 amide bonds. The number of hydrogen-bond acceptors (Lipinski definition) is 3. The first-order valence-corrected chi connectivity index (χ1v) is 6.17. The van der Waals surface area contributed by atoms with Gasteiger partial charge in [0.15, 0.2) is 11.6 Å². The fourth-order valence-corrected chi connectivity index (χ4v) is 3.08. The Hall–Kier alpha value is -1.88. The summed E-state index contributed by atoms with van der Waals surface area (Å²) in [5.74, 6) is -1.16. The molecule has 0 saturated heterocycles. The summed E-state index contributed by atoms with van der Waals surface area (Å²) in [5, 5.41) is 8.99. The first kappa shape index (κ1) is 11.2. The lowest BCUT2D eigenvalue weighted by molar-refractivity contribution is 0.0702. The van der Waals surface area contributed by atoms with E-state index in [9.17, 15) is 9.18 Å². The molecule has 0 bridgehead atoms. The molecule has 0 unspecified atom stereocenters. The molecule has 18 heavy (non-hydrogen) atoms. The number of benzene rings is 1. The Labute approximate surface area is 106 Å². The predicted molar refractivity (Wildman–Crippen MR) is 65.7 cm³/mol. The van der Waals surface area contributed by atoms with E-state index in [0.717, 1.165) is 27.3 Å². The van der Waals surface area contributed by atoms with Crippen LogP contribution in [0.2, 0.25) is 0 Å². The standard InChI is InChI=1S/C13H9FO3S/c1-6-2-8-11(9(14)3-6)17-5-7-4-10(13(15)16)18-12(7)8/h2-4H,5H2,1H3,(H,15,16). The van der Waals surface area contributed by atoms with E-state index in [-0.39, 0.29) is 17.2 Å². The van der Waals surface area contributed by atoms with Crippen LogP contribution >= 0.6 is 11.3 Å². The van der Waals surface area contributed by atoms with Gasteiger partial charge in [-0.1, -0.05) is 0 Å². The maximum Gasteiger partial charge on any atom is 0.345 e. The molecule has 1 aromatic carbocycles. The second-order valence-corrected chi connectivity index (χ2v) is 5.23. The number of carboxylic acid groups (broad SMARTS) is 1. The fraction of sp³-hybridized carbons (Fsp3) is 0.154. The van der Waals surface area contributed by atoms with Crippen molar-refractivity contribution in [1.29, 1.82) is 0 Å². The minimum absolute atomic E-state index is 0.214. The van der Waals surface area contributed by atoms with Crippen molar-refractivity contribution in [2.75, 3.05) is 0 Å². The minimum Gasteiger partial charge on any atom is -0.485 e. The lowest BCUT2D eigenvalue weighted by Gasteiger charge is -2.18. The lowest BCUT2D eigenvalue weighted by atomic mass is 10.0. The molecule has 5 heteroatoms. The number of hydrogen-bond donors (Lipinski definition) is 1. The van der Waals surface area contributed by atoms with Gasteiger partial charge in [-0.2, -0.15) is 0 Å². The molecule has 2 heterocycles. The highest BCUT2D eigenvalue weighted by Crippen LogP contribution is 2.44. The third kappa shape index (κ3) is 1.59. The zero-order chi connectivity index (χ0) is 12.9. The Morgan fingerprint density at radius 3 is 2.94 bits per heavy atom. The van der Waals surface area contributed by atoms with Crippen molar-refractivity contribution < 1.29 is 19.0 Å². The summed E-state index contributed by atoms with van der Waals surface area (Å²) in [6.45, 7) is 2.01. The van der Waals surface area contributed by atoms with Crippen molar-refractivity contribution in [3.8, 4) is 16.2 Å². The predicted octanol–water partition coefficient (Wildman–Crippen LogP) is 3.45. The Morgan fingerprint density at radius 1 is 1.44 bits per heavy atom. The van der Waals surface area contributed by atoms with Crippen LogP contribution in [0, 0.1) is 12.7 Å². The molecule has 0 atom stereocenters. The number of carboxylic acids is 1. The van der Waals surface area contributed by atoms with E-state index >= 15 is 0 Å². The minimum atomic E-state index is -0.968. The molecule has 3 rings (SSSR count). The van der Waals surface area contributed by atoms with Gasteiger partial charge in [0.05, 0.1) is 0 Å². The first-order valence-electron chi connectivity index (χ1n) is 5.35. The SMILES string of the molecule is Cc1cc(F)c2c(c1)-c1sc(C(=O)O)cc1CO2. The second kappa shape index (κ2) is 3.81. The third-order valence-electron chi connectivity index (χ3n) is 2.82. The normalized spacial score (nSPS) is 12.6. The molecular formula is C13H9FO3S. The van der Waals surface area contributed by atoms with Gasteiger partial charge in [-0.25, -0.2) is 9.18 Å². The van der Waals surface area contributed by atoms with Crippen LogP contribution in [-0.4, -0.2) is 11.1 Å². The topological polar surface area (TPSA) is 46.5 Å². The van der Waals surface area contributed by atoms with Gasteiger partial charge in [0.1, 0.15) is 11.5 Å². The van der Waals surface area contributed by atoms with E-state index in [0.29, 0.717) is 5.56 Å². The Kier molecular flexibility index (Phi) is 2.38. The van der Waals surface area contributed by atoms with Crippen LogP contribution in [0.25, 0.3) is 10.4 Å². The highest BCUT2D eigenvalue weighted by Gasteiger charge is 2.25. The molecule has 1 aliphatic rings. The Balaban J connectivity index is 2.24. The van der Waals surface area contributed by atoms with Crippen molar-refractivity contribution in [2.24, 2.45) is 0 Å². The fourth-order valence-electron chi connectivity index (χ4n) is 2.06. The van der Waals surface area contributed by atoms with E-state index in [1.807, 2.05) is 6.07 Å². The number of halogens is 1. The summed E-state index contributed by atoms with van der Waals surface area (Å²) >= 11 is 1.16. The van der Waals surface area contributed by atoms with Gasteiger partial charge >= 0.3 is 5.97 Å². The number of thiophene rings is 1. The molecule has 2 aromatic rings. The van der Waals surface area contributed by atoms with E-state index in [1.165, 1.54) is 6.07 Å². The maximum absolute atomic E-state index is 13.8. The summed E-state index contributed by atoms with van der Waals surface area (Å²) < 4.78 is 19.1. The van der Waals surface area contributed by atoms with Crippen LogP contribution in [0.4, 0.5) is 4.39 Å². The number of aryl methyl sites for hydroxylation is 1. The van der Waals surface area contributed by atoms with Crippen molar-refractivity contribution in [2.45, 2.75) is 13.5 Å². The van der Waals surface area contributed by atoms with Crippen molar-refractivity contribution >= 4 is 17.3 Å². The third-order valence-corrected chi connectivity index (χ3v) is 4.02. The Morgan fingerprint density at radius 2 is 2.22 bits per heavy atom. The van der Waals surface area contributed by atoms with Gasteiger partial charge in [-0.15, -0.1) is 11.3 Å². The summed E-state index contributed by atoms with van der Waals surface area (Å²) in [6, 6.07) is 4.82. The molecule has 92 valence electrons. The smallest absolute Gasteiger partial charge is 0.345 e. The molecule has 3 nitrogen and oxygen atoms in total. The summed E-state index contributed by atoms with van der Waals surface area (Å²) in [7, 11) is 0. The number of rotatable bonds is 1. The van der Waals surface area contributed by atoms with E-state index in [1.54, 1.807) is 13.0 Å². The highest BCUT2D eigenvalue weighted by molar-refractivity contribution is 7.17. The molecule has 1 aromatic heterocycles. The van der Waals surface area contributed by atoms with Crippen LogP contribution in [-0.2, 0) is 6.61 Å². The zero-order valence-electron chi connectivity index (χ0n) is 9.49. The van der Waals surface area contributed by atoms with Gasteiger partial charge in [-0.3, -0.25) is 0 Å². The monoisotopic (exact) mass is 264 g/mol. The van der Waals surface area contributed by atoms with Gasteiger partial charge in [0, 0.05) is 16.0 Å². The van der Waals surface area contributed by atoms with Crippen LogP contribution in [0.15, 0.2) is 18.2 Å².